The van der Waals surface area contributed by atoms with Crippen molar-refractivity contribution < 1.29 is 14.4 Å². The van der Waals surface area contributed by atoms with Crippen LogP contribution in [-0.2, 0) is 16.6 Å². The standard InChI is InChI=1S/C15H15IN2O3/c1-15(2)7-12(21-13(19)8-15)14-10-6-9(16)4-5-11(10)17(3)18(14)20/h4-7H,8H2,1-3H3. The summed E-state index contributed by atoms with van der Waals surface area (Å²) in [6.45, 7) is 3.91. The lowest BCUT2D eigenvalue weighted by atomic mass is 9.86. The minimum atomic E-state index is -0.318. The number of aryl methyl sites for hydroxylation is 1. The van der Waals surface area contributed by atoms with Gasteiger partial charge in [-0.05, 0) is 52.3 Å². The molecule has 0 saturated carbocycles. The van der Waals surface area contributed by atoms with E-state index in [1.165, 1.54) is 4.68 Å². The highest BCUT2D eigenvalue weighted by Gasteiger charge is 2.34. The molecular formula is C15H15IN2O3. The van der Waals surface area contributed by atoms with Gasteiger partial charge in [0, 0.05) is 3.57 Å². The zero-order valence-electron chi connectivity index (χ0n) is 12.0. The highest BCUT2D eigenvalue weighted by atomic mass is 127. The molecule has 0 unspecified atom stereocenters. The van der Waals surface area contributed by atoms with Gasteiger partial charge in [0.1, 0.15) is 5.52 Å². The first-order valence-corrected chi connectivity index (χ1v) is 7.68. The van der Waals surface area contributed by atoms with Gasteiger partial charge in [0.25, 0.3) is 5.69 Å². The van der Waals surface area contributed by atoms with E-state index in [0.29, 0.717) is 17.9 Å². The second-order valence-corrected chi connectivity index (χ2v) is 7.20. The van der Waals surface area contributed by atoms with Gasteiger partial charge >= 0.3 is 5.97 Å². The summed E-state index contributed by atoms with van der Waals surface area (Å²) in [6, 6.07) is 5.76. The highest BCUT2D eigenvalue weighted by Crippen LogP contribution is 2.35. The van der Waals surface area contributed by atoms with E-state index >= 15 is 0 Å². The second kappa shape index (κ2) is 4.72. The average Bonchev–Trinajstić information content (AvgIpc) is 2.59. The van der Waals surface area contributed by atoms with Gasteiger partial charge in [-0.25, -0.2) is 0 Å². The summed E-state index contributed by atoms with van der Waals surface area (Å²) in [7, 11) is 1.70. The summed E-state index contributed by atoms with van der Waals surface area (Å²) < 4.78 is 7.87. The van der Waals surface area contributed by atoms with Crippen molar-refractivity contribution in [1.29, 1.82) is 0 Å². The average molecular weight is 398 g/mol. The monoisotopic (exact) mass is 398 g/mol. The van der Waals surface area contributed by atoms with Crippen molar-refractivity contribution >= 4 is 45.2 Å². The topological polar surface area (TPSA) is 58.2 Å². The third-order valence-electron chi connectivity index (χ3n) is 3.61. The number of carbonyl (C=O) groups is 1. The van der Waals surface area contributed by atoms with Crippen LogP contribution in [0.4, 0.5) is 0 Å². The first kappa shape index (κ1) is 14.4. The van der Waals surface area contributed by atoms with Crippen molar-refractivity contribution in [2.24, 2.45) is 12.5 Å². The Labute approximate surface area is 135 Å². The van der Waals surface area contributed by atoms with E-state index < -0.39 is 0 Å². The SMILES string of the molecule is Cn1c2ccc(I)cc2c(C2=CC(C)(C)CC(=O)O2)[n+]1[O-]. The molecule has 21 heavy (non-hydrogen) atoms. The normalized spacial score (nSPS) is 17.7. The summed E-state index contributed by atoms with van der Waals surface area (Å²) >= 11 is 2.20. The number of nitrogens with zero attached hydrogens (tertiary/aromatic N) is 2. The van der Waals surface area contributed by atoms with Crippen molar-refractivity contribution in [2.45, 2.75) is 20.3 Å². The number of esters is 1. The Bertz CT molecular complexity index is 790. The fourth-order valence-corrected chi connectivity index (χ4v) is 3.13. The molecule has 2 aromatic rings. The lowest BCUT2D eigenvalue weighted by Gasteiger charge is -2.24. The van der Waals surface area contributed by atoms with E-state index in [1.807, 2.05) is 38.1 Å². The fourth-order valence-electron chi connectivity index (χ4n) is 2.64. The van der Waals surface area contributed by atoms with Gasteiger partial charge in [-0.1, -0.05) is 18.7 Å². The number of ether oxygens (including phenoxy) is 1. The lowest BCUT2D eigenvalue weighted by Crippen LogP contribution is -2.39. The molecule has 3 rings (SSSR count). The van der Waals surface area contributed by atoms with Gasteiger partial charge in [0.2, 0.25) is 5.76 Å². The number of carbonyl (C=O) groups excluding carboxylic acids is 1. The van der Waals surface area contributed by atoms with Gasteiger partial charge in [-0.2, -0.15) is 0 Å². The molecule has 0 amide bonds. The number of hydrogen-bond acceptors (Lipinski definition) is 3. The van der Waals surface area contributed by atoms with Crippen LogP contribution in [0.3, 0.4) is 0 Å². The molecule has 0 saturated heterocycles. The number of benzene rings is 1. The smallest absolute Gasteiger partial charge is 0.312 e. The molecule has 110 valence electrons. The van der Waals surface area contributed by atoms with E-state index in [9.17, 15) is 10.0 Å². The molecule has 0 spiro atoms. The number of hydrogen-bond donors (Lipinski definition) is 0. The molecule has 1 aliphatic heterocycles. The summed E-state index contributed by atoms with van der Waals surface area (Å²) in [4.78, 5) is 12.6. The summed E-state index contributed by atoms with van der Waals surface area (Å²) in [5, 5.41) is 13.2. The molecular weight excluding hydrogens is 383 g/mol. The summed E-state index contributed by atoms with van der Waals surface area (Å²) in [5.74, 6) is 0.0407. The molecule has 0 aliphatic carbocycles. The first-order chi connectivity index (χ1) is 9.78. The predicted octanol–water partition coefficient (Wildman–Crippen LogP) is 2.73. The Hall–Kier alpha value is -1.57. The number of aromatic nitrogens is 2. The van der Waals surface area contributed by atoms with E-state index in [0.717, 1.165) is 19.3 Å². The zero-order chi connectivity index (χ0) is 15.4. The van der Waals surface area contributed by atoms with Crippen LogP contribution in [0.25, 0.3) is 16.7 Å². The van der Waals surface area contributed by atoms with Crippen molar-refractivity contribution in [3.63, 3.8) is 0 Å². The zero-order valence-corrected chi connectivity index (χ0v) is 14.2. The molecule has 1 aromatic carbocycles. The molecule has 0 radical (unpaired) electrons. The number of fused-ring (bicyclic) bond motifs is 1. The van der Waals surface area contributed by atoms with Crippen LogP contribution in [0.1, 0.15) is 26.0 Å². The van der Waals surface area contributed by atoms with Crippen molar-refractivity contribution in [3.05, 3.63) is 38.7 Å². The van der Waals surface area contributed by atoms with Gasteiger partial charge in [-0.15, -0.1) is 4.68 Å². The molecule has 0 N–H and O–H groups in total. The minimum Gasteiger partial charge on any atom is -0.595 e. The van der Waals surface area contributed by atoms with Gasteiger partial charge in [-0.3, -0.25) is 4.79 Å². The molecule has 0 fully saturated rings. The molecule has 2 heterocycles. The van der Waals surface area contributed by atoms with Crippen LogP contribution in [0.15, 0.2) is 24.3 Å². The molecule has 5 nitrogen and oxygen atoms in total. The Morgan fingerprint density at radius 3 is 2.81 bits per heavy atom. The quantitative estimate of drug-likeness (QED) is 0.321. The van der Waals surface area contributed by atoms with Crippen molar-refractivity contribution in [2.75, 3.05) is 0 Å². The largest absolute Gasteiger partial charge is 0.595 e. The van der Waals surface area contributed by atoms with E-state index in [-0.39, 0.29) is 11.4 Å². The van der Waals surface area contributed by atoms with Crippen molar-refractivity contribution in [3.8, 4) is 0 Å². The Kier molecular flexibility index (Phi) is 3.23. The third-order valence-corrected chi connectivity index (χ3v) is 4.28. The summed E-state index contributed by atoms with van der Waals surface area (Å²) in [6.07, 6.45) is 2.18. The highest BCUT2D eigenvalue weighted by molar-refractivity contribution is 14.1. The molecule has 1 aromatic heterocycles. The van der Waals surface area contributed by atoms with E-state index in [4.69, 9.17) is 4.74 Å². The minimum absolute atomic E-state index is 0.305. The van der Waals surface area contributed by atoms with Gasteiger partial charge in [0.05, 0.1) is 18.9 Å². The molecule has 0 bridgehead atoms. The molecule has 0 atom stereocenters. The fraction of sp³-hybridized carbons (Fsp3) is 0.333. The number of cyclic esters (lactones) is 1. The lowest BCUT2D eigenvalue weighted by molar-refractivity contribution is -0.691. The number of halogens is 1. The predicted molar refractivity (Wildman–Crippen MR) is 87.1 cm³/mol. The van der Waals surface area contributed by atoms with Crippen LogP contribution in [0.2, 0.25) is 0 Å². The van der Waals surface area contributed by atoms with Crippen LogP contribution in [-0.4, -0.2) is 10.7 Å². The van der Waals surface area contributed by atoms with E-state index in [1.54, 1.807) is 7.05 Å². The number of rotatable bonds is 1. The van der Waals surface area contributed by atoms with E-state index in [2.05, 4.69) is 22.6 Å². The Morgan fingerprint density at radius 2 is 2.14 bits per heavy atom. The maximum atomic E-state index is 12.5. The summed E-state index contributed by atoms with van der Waals surface area (Å²) in [5.41, 5.74) is 0.884. The van der Waals surface area contributed by atoms with Crippen molar-refractivity contribution in [1.82, 2.24) is 4.68 Å². The van der Waals surface area contributed by atoms with Crippen LogP contribution in [0, 0.1) is 14.2 Å². The maximum absolute atomic E-state index is 12.5. The maximum Gasteiger partial charge on any atom is 0.312 e. The molecule has 1 aliphatic rings. The van der Waals surface area contributed by atoms with Crippen LogP contribution < -0.4 is 4.85 Å². The second-order valence-electron chi connectivity index (χ2n) is 5.95. The van der Waals surface area contributed by atoms with Gasteiger partial charge in [0.15, 0.2) is 0 Å². The number of allylic oxidation sites excluding steroid dienone is 1. The Balaban J connectivity index is 2.30. The van der Waals surface area contributed by atoms with Gasteiger partial charge < -0.3 is 9.94 Å². The first-order valence-electron chi connectivity index (χ1n) is 6.60. The molecule has 6 heteroatoms. The van der Waals surface area contributed by atoms with Crippen LogP contribution >= 0.6 is 22.6 Å². The van der Waals surface area contributed by atoms with Crippen LogP contribution in [0.5, 0.6) is 0 Å². The third kappa shape index (κ3) is 2.41. The Morgan fingerprint density at radius 1 is 1.43 bits per heavy atom.